The minimum atomic E-state index is 0.709. The molecule has 0 bridgehead atoms. The van der Waals surface area contributed by atoms with Crippen molar-refractivity contribution in [2.75, 3.05) is 24.4 Å². The first-order valence-electron chi connectivity index (χ1n) is 7.71. The Hall–Kier alpha value is -3.08. The van der Waals surface area contributed by atoms with Crippen molar-refractivity contribution in [3.63, 3.8) is 0 Å². The van der Waals surface area contributed by atoms with E-state index in [2.05, 4.69) is 15.3 Å². The van der Waals surface area contributed by atoms with Gasteiger partial charge in [0.25, 0.3) is 0 Å². The van der Waals surface area contributed by atoms with Crippen molar-refractivity contribution < 1.29 is 4.74 Å². The third kappa shape index (κ3) is 3.63. The summed E-state index contributed by atoms with van der Waals surface area (Å²) in [4.78, 5) is 11.0. The molecule has 0 aliphatic rings. The molecule has 0 aliphatic heterocycles. The zero-order valence-corrected chi connectivity index (χ0v) is 14.0. The van der Waals surface area contributed by atoms with Gasteiger partial charge in [0, 0.05) is 30.6 Å². The van der Waals surface area contributed by atoms with Crippen LogP contribution in [-0.2, 0) is 0 Å². The SMILES string of the molecule is COc1cccc(Nc2cc(N(C)c3ccccc3)nc(C)n2)c1. The number of ether oxygens (including phenoxy) is 1. The van der Waals surface area contributed by atoms with Gasteiger partial charge < -0.3 is 15.0 Å². The number of aromatic nitrogens is 2. The maximum atomic E-state index is 5.26. The fourth-order valence-electron chi connectivity index (χ4n) is 2.42. The minimum Gasteiger partial charge on any atom is -0.497 e. The van der Waals surface area contributed by atoms with Crippen LogP contribution in [0.5, 0.6) is 5.75 Å². The molecule has 1 aromatic heterocycles. The number of hydrogen-bond acceptors (Lipinski definition) is 5. The third-order valence-electron chi connectivity index (χ3n) is 3.65. The molecule has 0 atom stereocenters. The van der Waals surface area contributed by atoms with Crippen LogP contribution in [0.3, 0.4) is 0 Å². The second kappa shape index (κ2) is 7.00. The van der Waals surface area contributed by atoms with Crippen molar-refractivity contribution in [1.82, 2.24) is 9.97 Å². The van der Waals surface area contributed by atoms with Crippen molar-refractivity contribution in [2.45, 2.75) is 6.92 Å². The molecule has 3 aromatic rings. The summed E-state index contributed by atoms with van der Waals surface area (Å²) in [7, 11) is 3.65. The van der Waals surface area contributed by atoms with E-state index in [0.29, 0.717) is 5.82 Å². The van der Waals surface area contributed by atoms with Crippen LogP contribution in [0.4, 0.5) is 23.0 Å². The largest absolute Gasteiger partial charge is 0.497 e. The first kappa shape index (κ1) is 15.8. The summed E-state index contributed by atoms with van der Waals surface area (Å²) in [6.07, 6.45) is 0. The number of nitrogens with one attached hydrogen (secondary N) is 1. The summed E-state index contributed by atoms with van der Waals surface area (Å²) in [5.74, 6) is 3.08. The Morgan fingerprint density at radius 1 is 0.958 bits per heavy atom. The molecule has 0 radical (unpaired) electrons. The molecule has 0 aliphatic carbocycles. The van der Waals surface area contributed by atoms with Gasteiger partial charge in [0.2, 0.25) is 0 Å². The van der Waals surface area contributed by atoms with Crippen molar-refractivity contribution in [1.29, 1.82) is 0 Å². The van der Waals surface area contributed by atoms with Gasteiger partial charge in [-0.15, -0.1) is 0 Å². The first-order valence-corrected chi connectivity index (χ1v) is 7.71. The number of rotatable bonds is 5. The van der Waals surface area contributed by atoms with Crippen LogP contribution >= 0.6 is 0 Å². The van der Waals surface area contributed by atoms with Crippen LogP contribution in [0.25, 0.3) is 0 Å². The van der Waals surface area contributed by atoms with Crippen molar-refractivity contribution in [2.24, 2.45) is 0 Å². The minimum absolute atomic E-state index is 0.709. The van der Waals surface area contributed by atoms with Crippen LogP contribution in [0, 0.1) is 6.92 Å². The third-order valence-corrected chi connectivity index (χ3v) is 3.65. The van der Waals surface area contributed by atoms with E-state index in [4.69, 9.17) is 4.74 Å². The van der Waals surface area contributed by atoms with Gasteiger partial charge in [-0.25, -0.2) is 9.97 Å². The molecule has 24 heavy (non-hydrogen) atoms. The maximum Gasteiger partial charge on any atom is 0.138 e. The smallest absolute Gasteiger partial charge is 0.138 e. The summed E-state index contributed by atoms with van der Waals surface area (Å²) in [6, 6.07) is 19.8. The highest BCUT2D eigenvalue weighted by Crippen LogP contribution is 2.25. The Bertz CT molecular complexity index is 821. The van der Waals surface area contributed by atoms with Gasteiger partial charge in [-0.2, -0.15) is 0 Å². The van der Waals surface area contributed by atoms with Crippen LogP contribution in [-0.4, -0.2) is 24.1 Å². The highest BCUT2D eigenvalue weighted by Gasteiger charge is 2.09. The monoisotopic (exact) mass is 320 g/mol. The molecule has 122 valence electrons. The number of aryl methyl sites for hydroxylation is 1. The van der Waals surface area contributed by atoms with Gasteiger partial charge in [-0.05, 0) is 31.2 Å². The highest BCUT2D eigenvalue weighted by atomic mass is 16.5. The molecule has 5 heteroatoms. The Labute approximate surface area is 142 Å². The zero-order valence-electron chi connectivity index (χ0n) is 14.0. The molecule has 0 unspecified atom stereocenters. The lowest BCUT2D eigenvalue weighted by Gasteiger charge is -2.19. The summed E-state index contributed by atoms with van der Waals surface area (Å²) in [5.41, 5.74) is 1.99. The van der Waals surface area contributed by atoms with E-state index in [1.54, 1.807) is 7.11 Å². The standard InChI is InChI=1S/C19H20N4O/c1-14-20-18(22-15-8-7-11-17(12-15)24-3)13-19(21-14)23(2)16-9-5-4-6-10-16/h4-13H,1-3H3,(H,20,21,22). The summed E-state index contributed by atoms with van der Waals surface area (Å²) in [5, 5.41) is 3.31. The second-order valence-corrected chi connectivity index (χ2v) is 5.41. The van der Waals surface area contributed by atoms with Crippen LogP contribution in [0.15, 0.2) is 60.7 Å². The highest BCUT2D eigenvalue weighted by molar-refractivity contribution is 5.65. The van der Waals surface area contributed by atoms with E-state index >= 15 is 0 Å². The number of nitrogens with zero attached hydrogens (tertiary/aromatic N) is 3. The number of benzene rings is 2. The molecule has 0 fully saturated rings. The first-order chi connectivity index (χ1) is 11.7. The van der Waals surface area contributed by atoms with E-state index in [1.165, 1.54) is 0 Å². The van der Waals surface area contributed by atoms with Crippen molar-refractivity contribution in [3.05, 3.63) is 66.5 Å². The van der Waals surface area contributed by atoms with Crippen LogP contribution in [0.2, 0.25) is 0 Å². The number of para-hydroxylation sites is 1. The summed E-state index contributed by atoms with van der Waals surface area (Å²) >= 11 is 0. The zero-order chi connectivity index (χ0) is 16.9. The predicted octanol–water partition coefficient (Wildman–Crippen LogP) is 4.31. The van der Waals surface area contributed by atoms with Crippen molar-refractivity contribution >= 4 is 23.0 Å². The summed E-state index contributed by atoms with van der Waals surface area (Å²) < 4.78 is 5.26. The molecule has 1 heterocycles. The van der Waals surface area contributed by atoms with Crippen LogP contribution in [0.1, 0.15) is 5.82 Å². The fourth-order valence-corrected chi connectivity index (χ4v) is 2.42. The average molecular weight is 320 g/mol. The van der Waals surface area contributed by atoms with Crippen molar-refractivity contribution in [3.8, 4) is 5.75 Å². The van der Waals surface area contributed by atoms with Gasteiger partial charge in [0.1, 0.15) is 23.2 Å². The number of anilines is 4. The Morgan fingerprint density at radius 2 is 1.75 bits per heavy atom. The number of methoxy groups -OCH3 is 1. The fraction of sp³-hybridized carbons (Fsp3) is 0.158. The Balaban J connectivity index is 1.88. The lowest BCUT2D eigenvalue weighted by atomic mass is 10.3. The van der Waals surface area contributed by atoms with E-state index in [-0.39, 0.29) is 0 Å². The van der Waals surface area contributed by atoms with Gasteiger partial charge >= 0.3 is 0 Å². The Kier molecular flexibility index (Phi) is 4.61. The van der Waals surface area contributed by atoms with E-state index in [9.17, 15) is 0 Å². The Morgan fingerprint density at radius 3 is 2.50 bits per heavy atom. The molecular formula is C19H20N4O. The lowest BCUT2D eigenvalue weighted by molar-refractivity contribution is 0.415. The van der Waals surface area contributed by atoms with Gasteiger partial charge in [0.15, 0.2) is 0 Å². The number of hydrogen-bond donors (Lipinski definition) is 1. The second-order valence-electron chi connectivity index (χ2n) is 5.41. The average Bonchev–Trinajstić information content (AvgIpc) is 2.61. The van der Waals surface area contributed by atoms with E-state index in [0.717, 1.165) is 28.8 Å². The molecule has 0 amide bonds. The van der Waals surface area contributed by atoms with Gasteiger partial charge in [-0.3, -0.25) is 0 Å². The topological polar surface area (TPSA) is 50.3 Å². The quantitative estimate of drug-likeness (QED) is 0.759. The normalized spacial score (nSPS) is 10.3. The lowest BCUT2D eigenvalue weighted by Crippen LogP contribution is -2.12. The predicted molar refractivity (Wildman–Crippen MR) is 97.6 cm³/mol. The summed E-state index contributed by atoms with van der Waals surface area (Å²) in [6.45, 7) is 1.89. The molecule has 0 saturated heterocycles. The van der Waals surface area contributed by atoms with E-state index < -0.39 is 0 Å². The van der Waals surface area contributed by atoms with Gasteiger partial charge in [-0.1, -0.05) is 24.3 Å². The molecule has 3 rings (SSSR count). The van der Waals surface area contributed by atoms with E-state index in [1.807, 2.05) is 79.5 Å². The molecule has 1 N–H and O–H groups in total. The maximum absolute atomic E-state index is 5.26. The van der Waals surface area contributed by atoms with Crippen LogP contribution < -0.4 is 15.0 Å². The molecule has 0 saturated carbocycles. The molecule has 2 aromatic carbocycles. The molecule has 5 nitrogen and oxygen atoms in total. The van der Waals surface area contributed by atoms with Gasteiger partial charge in [0.05, 0.1) is 7.11 Å². The molecular weight excluding hydrogens is 300 g/mol. The molecule has 0 spiro atoms.